The lowest BCUT2D eigenvalue weighted by molar-refractivity contribution is -0.174. The molecular weight excluding hydrogens is 257 g/mol. The molecule has 0 bridgehead atoms. The zero-order chi connectivity index (χ0) is 14.5. The van der Waals surface area contributed by atoms with E-state index in [9.17, 15) is 13.2 Å². The highest BCUT2D eigenvalue weighted by Gasteiger charge is 2.27. The summed E-state index contributed by atoms with van der Waals surface area (Å²) in [5.41, 5.74) is 1.13. The zero-order valence-corrected chi connectivity index (χ0v) is 11.5. The van der Waals surface area contributed by atoms with Gasteiger partial charge in [0.2, 0.25) is 0 Å². The van der Waals surface area contributed by atoms with Crippen molar-refractivity contribution in [3.63, 3.8) is 0 Å². The summed E-state index contributed by atoms with van der Waals surface area (Å²) in [6, 6.07) is 2.22. The molecule has 110 valence electrons. The van der Waals surface area contributed by atoms with E-state index >= 15 is 0 Å². The number of hydrogen-bond donors (Lipinski definition) is 1. The Morgan fingerprint density at radius 1 is 1.37 bits per heavy atom. The van der Waals surface area contributed by atoms with E-state index in [-0.39, 0.29) is 12.6 Å². The van der Waals surface area contributed by atoms with Crippen LogP contribution >= 0.6 is 0 Å². The van der Waals surface area contributed by atoms with Crippen LogP contribution in [-0.4, -0.2) is 31.0 Å². The van der Waals surface area contributed by atoms with Crippen LogP contribution in [0.5, 0.6) is 0 Å². The molecule has 0 aliphatic heterocycles. The standard InChI is InChI=1S/C13H21F3N2O/c1-10(2)12(17-3)11-4-5-18(8-11)6-7-19-9-13(14,15)16/h4-5,8,10,12,17H,6-7,9H2,1-3H3. The Hall–Kier alpha value is -1.01. The Balaban J connectivity index is 2.43. The normalized spacial score (nSPS) is 14.1. The predicted octanol–water partition coefficient (Wildman–Crippen LogP) is 2.98. The first-order valence-electron chi connectivity index (χ1n) is 6.31. The number of rotatable bonds is 7. The number of nitrogens with zero attached hydrogens (tertiary/aromatic N) is 1. The molecule has 1 aromatic heterocycles. The number of halogens is 3. The minimum Gasteiger partial charge on any atom is -0.370 e. The van der Waals surface area contributed by atoms with Crippen LogP contribution in [0, 0.1) is 5.92 Å². The van der Waals surface area contributed by atoms with Gasteiger partial charge in [0.15, 0.2) is 0 Å². The summed E-state index contributed by atoms with van der Waals surface area (Å²) in [5, 5.41) is 3.22. The van der Waals surface area contributed by atoms with Crippen LogP contribution in [0.3, 0.4) is 0 Å². The van der Waals surface area contributed by atoms with Crippen molar-refractivity contribution in [3.8, 4) is 0 Å². The van der Waals surface area contributed by atoms with Crippen molar-refractivity contribution in [1.29, 1.82) is 0 Å². The van der Waals surface area contributed by atoms with Crippen LogP contribution in [-0.2, 0) is 11.3 Å². The molecule has 0 aliphatic rings. The first-order valence-corrected chi connectivity index (χ1v) is 6.31. The Morgan fingerprint density at radius 2 is 2.05 bits per heavy atom. The molecule has 19 heavy (non-hydrogen) atoms. The van der Waals surface area contributed by atoms with Crippen LogP contribution in [0.15, 0.2) is 18.5 Å². The first kappa shape index (κ1) is 16.0. The Morgan fingerprint density at radius 3 is 2.58 bits per heavy atom. The largest absolute Gasteiger partial charge is 0.411 e. The van der Waals surface area contributed by atoms with E-state index in [0.29, 0.717) is 12.5 Å². The van der Waals surface area contributed by atoms with Crippen LogP contribution in [0.1, 0.15) is 25.5 Å². The third-order valence-corrected chi connectivity index (χ3v) is 2.87. The molecule has 0 fully saturated rings. The molecule has 1 unspecified atom stereocenters. The van der Waals surface area contributed by atoms with Gasteiger partial charge in [-0.05, 0) is 24.6 Å². The van der Waals surface area contributed by atoms with Gasteiger partial charge in [-0.1, -0.05) is 13.8 Å². The molecule has 0 spiro atoms. The van der Waals surface area contributed by atoms with Gasteiger partial charge in [0.05, 0.1) is 6.61 Å². The van der Waals surface area contributed by atoms with Gasteiger partial charge in [0, 0.05) is 25.0 Å². The summed E-state index contributed by atoms with van der Waals surface area (Å²) in [4.78, 5) is 0. The monoisotopic (exact) mass is 278 g/mol. The SMILES string of the molecule is CNC(c1ccn(CCOCC(F)(F)F)c1)C(C)C. The Bertz CT molecular complexity index is 374. The van der Waals surface area contributed by atoms with Crippen LogP contribution < -0.4 is 5.32 Å². The van der Waals surface area contributed by atoms with Crippen LogP contribution in [0.2, 0.25) is 0 Å². The smallest absolute Gasteiger partial charge is 0.370 e. The van der Waals surface area contributed by atoms with E-state index in [1.54, 1.807) is 0 Å². The lowest BCUT2D eigenvalue weighted by Gasteiger charge is -2.18. The summed E-state index contributed by atoms with van der Waals surface area (Å²) in [6.07, 6.45) is -0.451. The summed E-state index contributed by atoms with van der Waals surface area (Å²) in [5.74, 6) is 0.447. The third kappa shape index (κ3) is 5.65. The van der Waals surface area contributed by atoms with Gasteiger partial charge in [0.1, 0.15) is 6.61 Å². The van der Waals surface area contributed by atoms with Crippen molar-refractivity contribution >= 4 is 0 Å². The van der Waals surface area contributed by atoms with Gasteiger partial charge in [-0.3, -0.25) is 0 Å². The summed E-state index contributed by atoms with van der Waals surface area (Å²) >= 11 is 0. The molecule has 0 aliphatic carbocycles. The molecule has 0 saturated carbocycles. The second-order valence-corrected chi connectivity index (χ2v) is 4.86. The highest BCUT2D eigenvalue weighted by atomic mass is 19.4. The molecule has 1 heterocycles. The minimum atomic E-state index is -4.25. The molecule has 1 N–H and O–H groups in total. The quantitative estimate of drug-likeness (QED) is 0.776. The molecule has 3 nitrogen and oxygen atoms in total. The third-order valence-electron chi connectivity index (χ3n) is 2.87. The van der Waals surface area contributed by atoms with E-state index in [4.69, 9.17) is 0 Å². The average Bonchev–Trinajstić information content (AvgIpc) is 2.72. The van der Waals surface area contributed by atoms with E-state index in [1.807, 2.05) is 30.1 Å². The van der Waals surface area contributed by atoms with Crippen molar-refractivity contribution in [3.05, 3.63) is 24.0 Å². The predicted molar refractivity (Wildman–Crippen MR) is 67.9 cm³/mol. The summed E-state index contributed by atoms with van der Waals surface area (Å²) in [7, 11) is 1.90. The lowest BCUT2D eigenvalue weighted by atomic mass is 9.99. The van der Waals surface area contributed by atoms with Gasteiger partial charge in [-0.15, -0.1) is 0 Å². The van der Waals surface area contributed by atoms with Crippen molar-refractivity contribution in [2.45, 2.75) is 32.6 Å². The number of ether oxygens (including phenoxy) is 1. The van der Waals surface area contributed by atoms with Gasteiger partial charge >= 0.3 is 6.18 Å². The van der Waals surface area contributed by atoms with Gasteiger partial charge in [0.25, 0.3) is 0 Å². The fourth-order valence-corrected chi connectivity index (χ4v) is 2.03. The number of alkyl halides is 3. The molecule has 0 radical (unpaired) electrons. The van der Waals surface area contributed by atoms with E-state index in [0.717, 1.165) is 5.56 Å². The maximum Gasteiger partial charge on any atom is 0.411 e. The second kappa shape index (κ2) is 6.96. The Labute approximate surface area is 111 Å². The number of aromatic nitrogens is 1. The van der Waals surface area contributed by atoms with Crippen LogP contribution in [0.25, 0.3) is 0 Å². The summed E-state index contributed by atoms with van der Waals surface area (Å²) in [6.45, 7) is 3.52. The van der Waals surface area contributed by atoms with Crippen molar-refractivity contribution in [2.24, 2.45) is 5.92 Å². The highest BCUT2D eigenvalue weighted by Crippen LogP contribution is 2.21. The molecule has 0 saturated heterocycles. The minimum absolute atomic E-state index is 0.0551. The lowest BCUT2D eigenvalue weighted by Crippen LogP contribution is -2.21. The van der Waals surface area contributed by atoms with E-state index < -0.39 is 12.8 Å². The molecule has 6 heteroatoms. The number of nitrogens with one attached hydrogen (secondary N) is 1. The zero-order valence-electron chi connectivity index (χ0n) is 11.5. The van der Waals surface area contributed by atoms with Crippen molar-refractivity contribution < 1.29 is 17.9 Å². The maximum atomic E-state index is 11.9. The first-order chi connectivity index (χ1) is 8.83. The van der Waals surface area contributed by atoms with Crippen LogP contribution in [0.4, 0.5) is 13.2 Å². The molecular formula is C13H21F3N2O. The second-order valence-electron chi connectivity index (χ2n) is 4.86. The fourth-order valence-electron chi connectivity index (χ4n) is 2.03. The van der Waals surface area contributed by atoms with Gasteiger partial charge in [-0.2, -0.15) is 13.2 Å². The number of hydrogen-bond acceptors (Lipinski definition) is 2. The van der Waals surface area contributed by atoms with E-state index in [1.165, 1.54) is 0 Å². The molecule has 0 amide bonds. The Kier molecular flexibility index (Phi) is 5.87. The topological polar surface area (TPSA) is 26.2 Å². The maximum absolute atomic E-state index is 11.9. The molecule has 0 aromatic carbocycles. The van der Waals surface area contributed by atoms with Gasteiger partial charge in [-0.25, -0.2) is 0 Å². The molecule has 1 aromatic rings. The van der Waals surface area contributed by atoms with Crippen molar-refractivity contribution in [2.75, 3.05) is 20.3 Å². The summed E-state index contributed by atoms with van der Waals surface area (Å²) < 4.78 is 42.1. The highest BCUT2D eigenvalue weighted by molar-refractivity contribution is 5.16. The van der Waals surface area contributed by atoms with Crippen molar-refractivity contribution in [1.82, 2.24) is 9.88 Å². The molecule has 1 rings (SSSR count). The fraction of sp³-hybridized carbons (Fsp3) is 0.692. The molecule has 1 atom stereocenters. The average molecular weight is 278 g/mol. The van der Waals surface area contributed by atoms with E-state index in [2.05, 4.69) is 23.9 Å². The van der Waals surface area contributed by atoms with Gasteiger partial charge < -0.3 is 14.6 Å².